The number of rotatable bonds is 1. The van der Waals surface area contributed by atoms with Crippen LogP contribution in [0.1, 0.15) is 13.7 Å². The molecule has 0 aromatic heterocycles. The molecule has 0 saturated carbocycles. The fraction of sp³-hybridized carbons (Fsp3) is 0.667. The lowest BCUT2D eigenvalue weighted by atomic mass is 10.8. The SMILES string of the molecule is [2H]C([2H])([2H])C([2H])([2H])N=C=S. The van der Waals surface area contributed by atoms with Crippen LogP contribution in [0.3, 0.4) is 0 Å². The summed E-state index contributed by atoms with van der Waals surface area (Å²) in [6.07, 6.45) is 0. The summed E-state index contributed by atoms with van der Waals surface area (Å²) in [5, 5.41) is 1.69. The van der Waals surface area contributed by atoms with Crippen molar-refractivity contribution in [2.24, 2.45) is 4.99 Å². The smallest absolute Gasteiger partial charge is 0.0584 e. The Morgan fingerprint density at radius 3 is 3.60 bits per heavy atom. The van der Waals surface area contributed by atoms with Crippen molar-refractivity contribution in [2.75, 3.05) is 6.50 Å². The summed E-state index contributed by atoms with van der Waals surface area (Å²) in [5.41, 5.74) is 0. The van der Waals surface area contributed by atoms with Gasteiger partial charge in [0.1, 0.15) is 0 Å². The minimum atomic E-state index is -2.77. The summed E-state index contributed by atoms with van der Waals surface area (Å²) in [6, 6.07) is 0. The zero-order valence-electron chi connectivity index (χ0n) is 7.36. The number of hydrogen-bond donors (Lipinski definition) is 0. The summed E-state index contributed by atoms with van der Waals surface area (Å²) >= 11 is 4.06. The maximum absolute atomic E-state index is 6.79. The predicted molar refractivity (Wildman–Crippen MR) is 25.6 cm³/mol. The van der Waals surface area contributed by atoms with Gasteiger partial charge in [0.25, 0.3) is 0 Å². The van der Waals surface area contributed by atoms with E-state index in [1.54, 1.807) is 5.16 Å². The summed E-state index contributed by atoms with van der Waals surface area (Å²) < 4.78 is 33.4. The number of hydrogen-bond acceptors (Lipinski definition) is 2. The molecule has 0 heterocycles. The molecule has 28 valence electrons. The molecule has 0 radical (unpaired) electrons. The first-order valence-electron chi connectivity index (χ1n) is 3.40. The molecule has 2 heteroatoms. The van der Waals surface area contributed by atoms with Crippen molar-refractivity contribution in [1.82, 2.24) is 0 Å². The molecule has 0 aromatic rings. The molecular weight excluding hydrogens is 82.1 g/mol. The molecule has 0 aliphatic carbocycles. The van der Waals surface area contributed by atoms with Crippen molar-refractivity contribution in [3.63, 3.8) is 0 Å². The van der Waals surface area contributed by atoms with E-state index in [2.05, 4.69) is 17.2 Å². The van der Waals surface area contributed by atoms with Crippen molar-refractivity contribution < 1.29 is 6.85 Å². The fourth-order valence-electron chi connectivity index (χ4n) is 0.0228. The summed E-state index contributed by atoms with van der Waals surface area (Å²) in [7, 11) is 0. The third kappa shape index (κ3) is 3.80. The third-order valence-electron chi connectivity index (χ3n) is 0.102. The van der Waals surface area contributed by atoms with Crippen LogP contribution in [0.25, 0.3) is 0 Å². The van der Waals surface area contributed by atoms with Crippen LogP contribution in [0.15, 0.2) is 4.99 Å². The molecule has 0 saturated heterocycles. The Kier molecular flexibility index (Phi) is 0.680. The molecule has 0 unspecified atom stereocenters. The Hall–Kier alpha value is -0.200. The van der Waals surface area contributed by atoms with Gasteiger partial charge in [-0.25, -0.2) is 4.99 Å². The van der Waals surface area contributed by atoms with Gasteiger partial charge in [0.2, 0.25) is 0 Å². The zero-order valence-corrected chi connectivity index (χ0v) is 3.17. The number of nitrogens with zero attached hydrogens (tertiary/aromatic N) is 1. The maximum atomic E-state index is 6.79. The van der Waals surface area contributed by atoms with Crippen LogP contribution in [-0.4, -0.2) is 11.7 Å². The van der Waals surface area contributed by atoms with Gasteiger partial charge in [-0.1, -0.05) is 0 Å². The lowest BCUT2D eigenvalue weighted by molar-refractivity contribution is 1.15. The predicted octanol–water partition coefficient (Wildman–Crippen LogP) is 1.11. The third-order valence-corrected chi connectivity index (χ3v) is 0.193. The van der Waals surface area contributed by atoms with E-state index in [0.29, 0.717) is 0 Å². The van der Waals surface area contributed by atoms with Crippen LogP contribution >= 0.6 is 12.2 Å². The average molecular weight is 92.2 g/mol. The Bertz CT molecular complexity index is 166. The van der Waals surface area contributed by atoms with Crippen molar-refractivity contribution >= 4 is 17.4 Å². The van der Waals surface area contributed by atoms with Crippen LogP contribution in [0.2, 0.25) is 0 Å². The van der Waals surface area contributed by atoms with Gasteiger partial charge in [-0.15, -0.1) is 0 Å². The largest absolute Gasteiger partial charge is 0.233 e. The van der Waals surface area contributed by atoms with Crippen LogP contribution in [0.4, 0.5) is 0 Å². The molecule has 0 atom stereocenters. The highest BCUT2D eigenvalue weighted by molar-refractivity contribution is 7.78. The van der Waals surface area contributed by atoms with Crippen molar-refractivity contribution in [2.45, 2.75) is 6.85 Å². The molecule has 0 fully saturated rings. The Morgan fingerprint density at radius 1 is 2.60 bits per heavy atom. The Morgan fingerprint density at radius 2 is 3.40 bits per heavy atom. The van der Waals surface area contributed by atoms with E-state index in [4.69, 9.17) is 6.85 Å². The molecule has 0 aliphatic rings. The van der Waals surface area contributed by atoms with Crippen molar-refractivity contribution in [3.05, 3.63) is 0 Å². The monoisotopic (exact) mass is 92.0 g/mol. The van der Waals surface area contributed by atoms with Gasteiger partial charge in [-0.3, -0.25) is 0 Å². The topological polar surface area (TPSA) is 12.4 Å². The van der Waals surface area contributed by atoms with Crippen LogP contribution in [-0.2, 0) is 0 Å². The first-order valence-corrected chi connectivity index (χ1v) is 1.31. The molecule has 0 rings (SSSR count). The van der Waals surface area contributed by atoms with E-state index >= 15 is 0 Å². The zero-order chi connectivity index (χ0) is 8.41. The number of isothiocyanates is 1. The quantitative estimate of drug-likeness (QED) is 0.348. The molecular formula is C3H5NS. The van der Waals surface area contributed by atoms with Gasteiger partial charge in [0.15, 0.2) is 0 Å². The van der Waals surface area contributed by atoms with Gasteiger partial charge < -0.3 is 0 Å². The fourth-order valence-corrected chi connectivity index (χ4v) is 0.0685. The van der Waals surface area contributed by atoms with Crippen molar-refractivity contribution in [1.29, 1.82) is 0 Å². The second kappa shape index (κ2) is 3.80. The molecule has 0 spiro atoms. The highest BCUT2D eigenvalue weighted by atomic mass is 32.1. The van der Waals surface area contributed by atoms with Gasteiger partial charge in [-0.05, 0) is 19.1 Å². The van der Waals surface area contributed by atoms with Gasteiger partial charge in [-0.2, -0.15) is 0 Å². The summed E-state index contributed by atoms with van der Waals surface area (Å²) in [4.78, 5) is 2.86. The van der Waals surface area contributed by atoms with Crippen LogP contribution < -0.4 is 0 Å². The van der Waals surface area contributed by atoms with E-state index in [0.717, 1.165) is 0 Å². The molecule has 0 bridgehead atoms. The lowest BCUT2D eigenvalue weighted by Gasteiger charge is -1.60. The highest BCUT2D eigenvalue weighted by Crippen LogP contribution is 1.55. The normalized spacial score (nSPS) is 26.0. The second-order valence-electron chi connectivity index (χ2n) is 0.315. The minimum absolute atomic E-state index is 1.69. The molecule has 1 nitrogen and oxygen atoms in total. The Labute approximate surface area is 43.7 Å². The van der Waals surface area contributed by atoms with E-state index < -0.39 is 13.3 Å². The maximum Gasteiger partial charge on any atom is 0.0584 e. The van der Waals surface area contributed by atoms with Gasteiger partial charge >= 0.3 is 0 Å². The minimum Gasteiger partial charge on any atom is -0.233 e. The van der Waals surface area contributed by atoms with Gasteiger partial charge in [0.05, 0.1) is 7.90 Å². The van der Waals surface area contributed by atoms with Crippen LogP contribution in [0.5, 0.6) is 0 Å². The van der Waals surface area contributed by atoms with E-state index in [9.17, 15) is 0 Å². The molecule has 5 heavy (non-hydrogen) atoms. The van der Waals surface area contributed by atoms with E-state index in [1.807, 2.05) is 0 Å². The number of thiocarbonyl (C=S) groups is 1. The second-order valence-corrected chi connectivity index (χ2v) is 0.497. The summed E-state index contributed by atoms with van der Waals surface area (Å²) in [6.45, 7) is -5.37. The van der Waals surface area contributed by atoms with E-state index in [1.165, 1.54) is 0 Å². The van der Waals surface area contributed by atoms with Crippen LogP contribution in [0, 0.1) is 0 Å². The van der Waals surface area contributed by atoms with Crippen molar-refractivity contribution in [3.8, 4) is 0 Å². The van der Waals surface area contributed by atoms with Gasteiger partial charge in [0, 0.05) is 10.6 Å². The molecule has 0 amide bonds. The average Bonchev–Trinajstić information content (AvgIpc) is 1.61. The molecule has 0 aliphatic heterocycles. The molecule has 0 aromatic carbocycles. The standard InChI is InChI=1S/C3H5NS/c1-2-4-3-5/h2H2,1H3/i1D3,2D2. The number of aliphatic imine (C=N–C) groups is 1. The first-order chi connectivity index (χ1) is 4.31. The summed E-state index contributed by atoms with van der Waals surface area (Å²) in [5.74, 6) is 0. The highest BCUT2D eigenvalue weighted by Gasteiger charge is 1.49. The molecule has 0 N–H and O–H groups in total. The lowest BCUT2D eigenvalue weighted by Crippen LogP contribution is -1.57. The van der Waals surface area contributed by atoms with E-state index in [-0.39, 0.29) is 0 Å². The Balaban J connectivity index is 4.56. The first kappa shape index (κ1) is 0.895.